The number of fused-ring (bicyclic) bond motifs is 1. The number of aliphatic hydroxyl groups excluding tert-OH is 1. The van der Waals surface area contributed by atoms with Crippen LogP contribution in [0, 0.1) is 5.92 Å². The molecule has 1 fully saturated rings. The number of H-pyrrole nitrogens is 1. The van der Waals surface area contributed by atoms with Gasteiger partial charge in [-0.3, -0.25) is 4.21 Å². The third-order valence-electron chi connectivity index (χ3n) is 6.27. The Labute approximate surface area is 213 Å². The molecule has 182 valence electrons. The van der Waals surface area contributed by atoms with Gasteiger partial charge in [0, 0.05) is 21.8 Å². The first kappa shape index (κ1) is 24.0. The second-order valence-electron chi connectivity index (χ2n) is 9.39. The van der Waals surface area contributed by atoms with Crippen LogP contribution in [0.3, 0.4) is 0 Å². The number of hydrogen-bond acceptors (Lipinski definition) is 4. The van der Waals surface area contributed by atoms with Crippen LogP contribution in [0.5, 0.6) is 5.75 Å². The number of aromatic nitrogens is 2. The van der Waals surface area contributed by atoms with Crippen molar-refractivity contribution in [1.29, 1.82) is 0 Å². The highest BCUT2D eigenvalue weighted by Crippen LogP contribution is 2.38. The van der Waals surface area contributed by atoms with Crippen LogP contribution in [-0.2, 0) is 10.8 Å². The molecule has 35 heavy (non-hydrogen) atoms. The maximum absolute atomic E-state index is 12.5. The first-order chi connectivity index (χ1) is 16.9. The average Bonchev–Trinajstić information content (AvgIpc) is 3.56. The number of nitrogens with one attached hydrogen (secondary N) is 1. The van der Waals surface area contributed by atoms with Crippen LogP contribution in [0.2, 0.25) is 5.02 Å². The number of rotatable bonds is 9. The summed E-state index contributed by atoms with van der Waals surface area (Å²) in [6.07, 6.45) is 2.41. The van der Waals surface area contributed by atoms with E-state index in [-0.39, 0.29) is 18.6 Å². The number of aliphatic hydroxyl groups is 1. The molecule has 4 aromatic rings. The highest BCUT2D eigenvalue weighted by molar-refractivity contribution is 7.85. The van der Waals surface area contributed by atoms with Crippen molar-refractivity contribution >= 4 is 33.4 Å². The van der Waals surface area contributed by atoms with E-state index in [1.54, 1.807) is 0 Å². The highest BCUT2D eigenvalue weighted by Gasteiger charge is 2.25. The van der Waals surface area contributed by atoms with E-state index in [0.29, 0.717) is 16.8 Å². The van der Waals surface area contributed by atoms with Gasteiger partial charge in [-0.2, -0.15) is 0 Å². The van der Waals surface area contributed by atoms with Crippen molar-refractivity contribution in [2.45, 2.75) is 43.6 Å². The van der Waals surface area contributed by atoms with Crippen molar-refractivity contribution < 1.29 is 14.1 Å². The van der Waals surface area contributed by atoms with Gasteiger partial charge in [0.1, 0.15) is 11.6 Å². The second kappa shape index (κ2) is 10.1. The molecule has 1 aromatic heterocycles. The largest absolute Gasteiger partial charge is 0.490 e. The molecule has 1 aliphatic carbocycles. The molecular weight excluding hydrogens is 480 g/mol. The minimum absolute atomic E-state index is 0.0403. The van der Waals surface area contributed by atoms with Gasteiger partial charge in [0.2, 0.25) is 0 Å². The van der Waals surface area contributed by atoms with Crippen LogP contribution in [0.1, 0.15) is 44.0 Å². The summed E-state index contributed by atoms with van der Waals surface area (Å²) in [7, 11) is -0.972. The van der Waals surface area contributed by atoms with Crippen molar-refractivity contribution in [3.05, 3.63) is 77.1 Å². The minimum Gasteiger partial charge on any atom is -0.490 e. The topological polar surface area (TPSA) is 75.2 Å². The summed E-state index contributed by atoms with van der Waals surface area (Å²) in [6.45, 7) is 3.89. The molecule has 2 atom stereocenters. The zero-order valence-electron chi connectivity index (χ0n) is 19.8. The van der Waals surface area contributed by atoms with Crippen LogP contribution >= 0.6 is 11.6 Å². The first-order valence-electron chi connectivity index (χ1n) is 12.0. The molecule has 2 N–H and O–H groups in total. The molecule has 7 heteroatoms. The van der Waals surface area contributed by atoms with Crippen molar-refractivity contribution in [2.24, 2.45) is 5.92 Å². The Bertz CT molecular complexity index is 1360. The van der Waals surface area contributed by atoms with Gasteiger partial charge in [0.25, 0.3) is 0 Å². The number of nitrogens with zero attached hydrogens (tertiary/aromatic N) is 1. The molecular formula is C28H29ClN2O3S. The van der Waals surface area contributed by atoms with Gasteiger partial charge in [-0.05, 0) is 68.5 Å². The Morgan fingerprint density at radius 2 is 1.86 bits per heavy atom. The van der Waals surface area contributed by atoms with E-state index in [4.69, 9.17) is 21.3 Å². The maximum atomic E-state index is 12.5. The zero-order chi connectivity index (χ0) is 24.5. The Morgan fingerprint density at radius 3 is 2.54 bits per heavy atom. The lowest BCUT2D eigenvalue weighted by Gasteiger charge is -2.15. The Morgan fingerprint density at radius 1 is 1.11 bits per heavy atom. The summed E-state index contributed by atoms with van der Waals surface area (Å²) in [6, 6.07) is 19.3. The standard InChI is InChI=1S/C28H29ClN2O3S/c1-17(2)34-27-6-4-3-5-21(27)22-13-25-26(14-24(22)29)31-28(30-25)23(15-32)19-9-11-20(12-10-19)35(33)16-18-7-8-18/h3-6,9-14,17-18,23,32H,7-8,15-16H2,1-2H3,(H,30,31). The van der Waals surface area contributed by atoms with Gasteiger partial charge in [-0.1, -0.05) is 41.9 Å². The summed E-state index contributed by atoms with van der Waals surface area (Å²) < 4.78 is 18.5. The fourth-order valence-corrected chi connectivity index (χ4v) is 5.92. The van der Waals surface area contributed by atoms with Crippen molar-refractivity contribution in [3.8, 4) is 16.9 Å². The van der Waals surface area contributed by atoms with E-state index < -0.39 is 10.8 Å². The maximum Gasteiger partial charge on any atom is 0.127 e. The van der Waals surface area contributed by atoms with Gasteiger partial charge >= 0.3 is 0 Å². The number of ether oxygens (including phenoxy) is 1. The molecule has 0 saturated heterocycles. The number of halogens is 1. The molecule has 0 aliphatic heterocycles. The molecule has 5 nitrogen and oxygen atoms in total. The van der Waals surface area contributed by atoms with Gasteiger partial charge in [0.05, 0.1) is 45.5 Å². The molecule has 0 bridgehead atoms. The fraction of sp³-hybridized carbons (Fsp3) is 0.321. The van der Waals surface area contributed by atoms with E-state index in [0.717, 1.165) is 44.1 Å². The lowest BCUT2D eigenvalue weighted by atomic mass is 9.99. The number of benzene rings is 3. The molecule has 0 spiro atoms. The van der Waals surface area contributed by atoms with E-state index >= 15 is 0 Å². The minimum atomic E-state index is -0.972. The second-order valence-corrected chi connectivity index (χ2v) is 11.3. The monoisotopic (exact) mass is 508 g/mol. The summed E-state index contributed by atoms with van der Waals surface area (Å²) >= 11 is 6.69. The lowest BCUT2D eigenvalue weighted by molar-refractivity contribution is 0.243. The van der Waals surface area contributed by atoms with E-state index in [1.807, 2.05) is 74.5 Å². The Hall–Kier alpha value is -2.67. The fourth-order valence-electron chi connectivity index (χ4n) is 4.26. The number of para-hydroxylation sites is 1. The third kappa shape index (κ3) is 5.30. The molecule has 0 radical (unpaired) electrons. The molecule has 1 aliphatic rings. The molecule has 3 aromatic carbocycles. The lowest BCUT2D eigenvalue weighted by Crippen LogP contribution is -2.08. The molecule has 1 heterocycles. The summed E-state index contributed by atoms with van der Waals surface area (Å²) in [5.41, 5.74) is 4.24. The van der Waals surface area contributed by atoms with E-state index in [9.17, 15) is 9.32 Å². The van der Waals surface area contributed by atoms with Gasteiger partial charge in [0.15, 0.2) is 0 Å². The molecule has 1 saturated carbocycles. The summed E-state index contributed by atoms with van der Waals surface area (Å²) in [5, 5.41) is 10.8. The third-order valence-corrected chi connectivity index (χ3v) is 8.16. The molecule has 2 unspecified atom stereocenters. The van der Waals surface area contributed by atoms with E-state index in [2.05, 4.69) is 4.98 Å². The van der Waals surface area contributed by atoms with Crippen LogP contribution in [0.4, 0.5) is 0 Å². The number of hydrogen-bond donors (Lipinski definition) is 2. The van der Waals surface area contributed by atoms with Gasteiger partial charge < -0.3 is 14.8 Å². The van der Waals surface area contributed by atoms with Crippen molar-refractivity contribution in [2.75, 3.05) is 12.4 Å². The quantitative estimate of drug-likeness (QED) is 0.277. The predicted octanol–water partition coefficient (Wildman–Crippen LogP) is 6.31. The predicted molar refractivity (Wildman–Crippen MR) is 142 cm³/mol. The summed E-state index contributed by atoms with van der Waals surface area (Å²) in [4.78, 5) is 8.98. The number of aromatic amines is 1. The SMILES string of the molecule is CC(C)Oc1ccccc1-c1cc2nc(C(CO)c3ccc(S(=O)CC4CC4)cc3)[nH]c2cc1Cl. The van der Waals surface area contributed by atoms with Crippen LogP contribution in [0.15, 0.2) is 65.6 Å². The Kier molecular flexibility index (Phi) is 6.96. The molecule has 0 amide bonds. The zero-order valence-corrected chi connectivity index (χ0v) is 21.4. The smallest absolute Gasteiger partial charge is 0.127 e. The normalized spacial score (nSPS) is 15.5. The van der Waals surface area contributed by atoms with Crippen molar-refractivity contribution in [3.63, 3.8) is 0 Å². The van der Waals surface area contributed by atoms with Crippen LogP contribution in [0.25, 0.3) is 22.2 Å². The average molecular weight is 509 g/mol. The van der Waals surface area contributed by atoms with Gasteiger partial charge in [-0.15, -0.1) is 0 Å². The van der Waals surface area contributed by atoms with E-state index in [1.165, 1.54) is 12.8 Å². The first-order valence-corrected chi connectivity index (χ1v) is 13.7. The van der Waals surface area contributed by atoms with Crippen LogP contribution < -0.4 is 4.74 Å². The highest BCUT2D eigenvalue weighted by atomic mass is 35.5. The van der Waals surface area contributed by atoms with Crippen LogP contribution in [-0.4, -0.2) is 37.7 Å². The van der Waals surface area contributed by atoms with Gasteiger partial charge in [-0.25, -0.2) is 4.98 Å². The summed E-state index contributed by atoms with van der Waals surface area (Å²) in [5.74, 6) is 2.45. The Balaban J connectivity index is 1.46. The van der Waals surface area contributed by atoms with Crippen molar-refractivity contribution in [1.82, 2.24) is 9.97 Å². The number of imidazole rings is 1. The molecule has 5 rings (SSSR count).